The smallest absolute Gasteiger partial charge is 0.143 e. The Kier molecular flexibility index (Phi) is 11.7. The van der Waals surface area contributed by atoms with Crippen LogP contribution in [-0.2, 0) is 0 Å². The highest BCUT2D eigenvalue weighted by Crippen LogP contribution is 2.51. The molecule has 0 aliphatic heterocycles. The predicted octanol–water partition coefficient (Wildman–Crippen LogP) is 25.7. The van der Waals surface area contributed by atoms with Gasteiger partial charge in [-0.1, -0.05) is 285 Å². The van der Waals surface area contributed by atoms with Crippen molar-refractivity contribution in [2.24, 2.45) is 0 Å². The van der Waals surface area contributed by atoms with E-state index in [-0.39, 0.29) is 0 Å². The van der Waals surface area contributed by atoms with E-state index in [1.165, 1.54) is 120 Å². The fraction of sp³-hybridized carbons (Fsp3) is 0. The van der Waals surface area contributed by atoms with Crippen molar-refractivity contribution in [1.29, 1.82) is 0 Å². The maximum Gasteiger partial charge on any atom is 0.143 e. The molecule has 92 heavy (non-hydrogen) atoms. The molecule has 2 aromatic heterocycles. The zero-order valence-corrected chi connectivity index (χ0v) is 50.0. The number of furan rings is 2. The topological polar surface area (TPSA) is 26.3 Å². The van der Waals surface area contributed by atoms with Gasteiger partial charge >= 0.3 is 0 Å². The van der Waals surface area contributed by atoms with E-state index in [9.17, 15) is 0 Å². The summed E-state index contributed by atoms with van der Waals surface area (Å²) in [5, 5.41) is 18.8. The Labute approximate surface area is 530 Å². The number of rotatable bonds is 8. The van der Waals surface area contributed by atoms with E-state index < -0.39 is 0 Å². The zero-order chi connectivity index (χ0) is 60.4. The lowest BCUT2D eigenvalue weighted by Gasteiger charge is -2.21. The fourth-order valence-electron chi connectivity index (χ4n) is 15.3. The molecule has 0 fully saturated rings. The standard InChI is InChI=1S/C90H54O2/c1-3-20-55(21-4-1)59-28-15-29-64(50-59)86-73-34-12-11-33-72(73)85(58-24-5-2-6-25-58)74-47-43-62(53-80(74)86)68-36-19-40-78-79-51-61(45-49-84(79)92-90(68)78)60-42-46-75-81(52-60)87(70-37-16-26-56-22-7-9-30-65(56)70)76-48-44-63(67-35-18-39-77-69-32-13-14-41-83(69)91-89(67)77)54-82(76)88(75)71-38-17-27-57-23-8-10-31-66(57)71/h1-54H. The van der Waals surface area contributed by atoms with Crippen LogP contribution in [0.25, 0.3) is 198 Å². The first-order valence-electron chi connectivity index (χ1n) is 31.7. The third kappa shape index (κ3) is 8.14. The van der Waals surface area contributed by atoms with Gasteiger partial charge in [-0.25, -0.2) is 0 Å². The highest BCUT2D eigenvalue weighted by Gasteiger charge is 2.24. The fourth-order valence-corrected chi connectivity index (χ4v) is 15.3. The van der Waals surface area contributed by atoms with Gasteiger partial charge < -0.3 is 8.83 Å². The molecule has 0 N–H and O–H groups in total. The summed E-state index contributed by atoms with van der Waals surface area (Å²) >= 11 is 0. The van der Waals surface area contributed by atoms with Crippen molar-refractivity contribution in [2.45, 2.75) is 0 Å². The third-order valence-corrected chi connectivity index (χ3v) is 19.4. The molecule has 0 amide bonds. The lowest BCUT2D eigenvalue weighted by molar-refractivity contribution is 0.669. The van der Waals surface area contributed by atoms with Crippen LogP contribution in [0, 0.1) is 0 Å². The van der Waals surface area contributed by atoms with Crippen molar-refractivity contribution < 1.29 is 8.83 Å². The van der Waals surface area contributed by atoms with E-state index in [4.69, 9.17) is 8.83 Å². The largest absolute Gasteiger partial charge is 0.455 e. The van der Waals surface area contributed by atoms with Crippen LogP contribution in [0.1, 0.15) is 0 Å². The van der Waals surface area contributed by atoms with Crippen molar-refractivity contribution in [3.63, 3.8) is 0 Å². The van der Waals surface area contributed by atoms with Gasteiger partial charge in [0.2, 0.25) is 0 Å². The third-order valence-electron chi connectivity index (χ3n) is 19.4. The summed E-state index contributed by atoms with van der Waals surface area (Å²) in [5.74, 6) is 0. The van der Waals surface area contributed by atoms with Gasteiger partial charge in [0.1, 0.15) is 22.3 Å². The highest BCUT2D eigenvalue weighted by molar-refractivity contribution is 6.27. The molecule has 17 aromatic carbocycles. The summed E-state index contributed by atoms with van der Waals surface area (Å²) < 4.78 is 13.8. The molecule has 0 unspecified atom stereocenters. The van der Waals surface area contributed by atoms with Gasteiger partial charge in [-0.05, 0) is 185 Å². The summed E-state index contributed by atoms with van der Waals surface area (Å²) in [7, 11) is 0. The van der Waals surface area contributed by atoms with Crippen LogP contribution in [0.2, 0.25) is 0 Å². The number of benzene rings is 17. The summed E-state index contributed by atoms with van der Waals surface area (Å²) in [6, 6.07) is 120. The molecule has 19 aromatic rings. The monoisotopic (exact) mass is 1170 g/mol. The van der Waals surface area contributed by atoms with Crippen molar-refractivity contribution in [1.82, 2.24) is 0 Å². The second-order valence-electron chi connectivity index (χ2n) is 24.5. The molecule has 0 spiro atoms. The summed E-state index contributed by atoms with van der Waals surface area (Å²) in [5.41, 5.74) is 22.1. The van der Waals surface area contributed by atoms with Crippen LogP contribution in [0.4, 0.5) is 0 Å². The van der Waals surface area contributed by atoms with E-state index in [1.807, 2.05) is 6.07 Å². The Bertz CT molecular complexity index is 6230. The van der Waals surface area contributed by atoms with Crippen molar-refractivity contribution >= 4 is 109 Å². The first-order chi connectivity index (χ1) is 45.6. The van der Waals surface area contributed by atoms with Crippen molar-refractivity contribution in [2.75, 3.05) is 0 Å². The van der Waals surface area contributed by atoms with Gasteiger partial charge in [0, 0.05) is 32.7 Å². The molecular weight excluding hydrogens is 1110 g/mol. The van der Waals surface area contributed by atoms with E-state index >= 15 is 0 Å². The average Bonchev–Trinajstić information content (AvgIpc) is 0.884. The Balaban J connectivity index is 0.818. The Hall–Kier alpha value is -12.1. The van der Waals surface area contributed by atoms with Gasteiger partial charge in [0.25, 0.3) is 0 Å². The van der Waals surface area contributed by atoms with Crippen LogP contribution in [-0.4, -0.2) is 0 Å². The lowest BCUT2D eigenvalue weighted by atomic mass is 9.82. The first-order valence-corrected chi connectivity index (χ1v) is 31.7. The number of para-hydroxylation sites is 3. The van der Waals surface area contributed by atoms with Crippen LogP contribution < -0.4 is 0 Å². The van der Waals surface area contributed by atoms with Gasteiger partial charge in [-0.15, -0.1) is 0 Å². The molecule has 0 saturated carbocycles. The maximum absolute atomic E-state index is 7.09. The molecule has 0 saturated heterocycles. The average molecular weight is 1170 g/mol. The van der Waals surface area contributed by atoms with Gasteiger partial charge in [-0.2, -0.15) is 0 Å². The number of fused-ring (bicyclic) bond motifs is 12. The molecule has 0 bridgehead atoms. The van der Waals surface area contributed by atoms with Gasteiger partial charge in [0.15, 0.2) is 0 Å². The normalized spacial score (nSPS) is 11.9. The molecule has 426 valence electrons. The van der Waals surface area contributed by atoms with Crippen molar-refractivity contribution in [3.05, 3.63) is 328 Å². The second-order valence-corrected chi connectivity index (χ2v) is 24.5. The zero-order valence-electron chi connectivity index (χ0n) is 50.0. The quantitative estimate of drug-likeness (QED) is 0.142. The van der Waals surface area contributed by atoms with Crippen LogP contribution in [0.15, 0.2) is 336 Å². The number of hydrogen-bond donors (Lipinski definition) is 0. The highest BCUT2D eigenvalue weighted by atomic mass is 16.3. The number of hydrogen-bond acceptors (Lipinski definition) is 2. The lowest BCUT2D eigenvalue weighted by Crippen LogP contribution is -1.94. The van der Waals surface area contributed by atoms with E-state index in [2.05, 4.69) is 322 Å². The Morgan fingerprint density at radius 1 is 0.152 bits per heavy atom. The summed E-state index contributed by atoms with van der Waals surface area (Å²) in [6.45, 7) is 0. The Morgan fingerprint density at radius 2 is 0.500 bits per heavy atom. The molecule has 0 atom stereocenters. The van der Waals surface area contributed by atoms with E-state index in [0.717, 1.165) is 77.3 Å². The molecule has 0 aliphatic carbocycles. The summed E-state index contributed by atoms with van der Waals surface area (Å²) in [6.07, 6.45) is 0. The Morgan fingerprint density at radius 3 is 1.11 bits per heavy atom. The van der Waals surface area contributed by atoms with Crippen LogP contribution in [0.5, 0.6) is 0 Å². The molecule has 2 nitrogen and oxygen atoms in total. The summed E-state index contributed by atoms with van der Waals surface area (Å²) in [4.78, 5) is 0. The molecule has 19 rings (SSSR count). The SMILES string of the molecule is c1ccc(-c2cccc(-c3c4ccccc4c(-c4ccccc4)c4ccc(-c5cccc6c5oc5ccc(-c7ccc8c(-c9cccc%10ccccc9%10)c9cc(-c%10cccc%11c%10oc%10ccccc%10%11)ccc9c(-c9cccc%10ccccc9%10)c8c7)cc56)cc34)c2)cc1. The van der Waals surface area contributed by atoms with Crippen molar-refractivity contribution in [3.8, 4) is 89.0 Å². The first kappa shape index (κ1) is 51.9. The minimum Gasteiger partial charge on any atom is -0.455 e. The van der Waals surface area contributed by atoms with E-state index in [1.54, 1.807) is 0 Å². The van der Waals surface area contributed by atoms with Gasteiger partial charge in [0.05, 0.1) is 0 Å². The predicted molar refractivity (Wildman–Crippen MR) is 390 cm³/mol. The molecule has 0 aliphatic rings. The van der Waals surface area contributed by atoms with E-state index in [0.29, 0.717) is 0 Å². The van der Waals surface area contributed by atoms with Crippen LogP contribution >= 0.6 is 0 Å². The molecule has 0 radical (unpaired) electrons. The molecular formula is C90H54O2. The minimum atomic E-state index is 0.850. The molecule has 2 heteroatoms. The van der Waals surface area contributed by atoms with Gasteiger partial charge in [-0.3, -0.25) is 0 Å². The minimum absolute atomic E-state index is 0.850. The molecule has 2 heterocycles. The second kappa shape index (κ2) is 20.8. The van der Waals surface area contributed by atoms with Crippen LogP contribution in [0.3, 0.4) is 0 Å². The maximum atomic E-state index is 7.09.